The molecule has 2 aromatic heterocycles. The normalized spacial score (nSPS) is 10.4. The summed E-state index contributed by atoms with van der Waals surface area (Å²) in [6, 6.07) is 13.3. The number of aryl methyl sites for hydroxylation is 2. The van der Waals surface area contributed by atoms with E-state index in [-0.39, 0.29) is 29.7 Å². The Balaban J connectivity index is 1.77. The molecule has 2 aromatic carbocycles. The molecule has 4 rings (SSSR count). The molecular formula is C26H23N7O6. The van der Waals surface area contributed by atoms with Crippen LogP contribution in [0.25, 0.3) is 11.4 Å². The number of anilines is 1. The highest BCUT2D eigenvalue weighted by atomic mass is 16.6. The Morgan fingerprint density at radius 1 is 1.21 bits per heavy atom. The van der Waals surface area contributed by atoms with Gasteiger partial charge >= 0.3 is 23.5 Å². The van der Waals surface area contributed by atoms with Gasteiger partial charge in [0.15, 0.2) is 0 Å². The molecule has 0 aliphatic rings. The van der Waals surface area contributed by atoms with E-state index >= 15 is 0 Å². The number of hydrogen-bond acceptors (Lipinski definition) is 11. The van der Waals surface area contributed by atoms with Crippen LogP contribution >= 0.6 is 0 Å². The van der Waals surface area contributed by atoms with Crippen LogP contribution in [0.5, 0.6) is 23.4 Å². The number of nitrogens with one attached hydrogen (secondary N) is 1. The van der Waals surface area contributed by atoms with Crippen molar-refractivity contribution in [1.82, 2.24) is 19.5 Å². The standard InChI is InChI=1S/C26H23N7O6/c1-4-37-21(34)15-29-23-22(33(35)36)25(39-20-12-17(14-27)9-8-16(20)2)31-26(30-23)38-19-7-5-6-18(13-19)24-28-10-11-32(24)3/h5-13H,4,15H2,1-3H3,(H,29,30,31). The molecule has 0 bridgehead atoms. The third kappa shape index (κ3) is 6.25. The minimum Gasteiger partial charge on any atom is -0.465 e. The second-order valence-electron chi connectivity index (χ2n) is 8.11. The summed E-state index contributed by atoms with van der Waals surface area (Å²) in [5.74, 6) is -0.212. The molecule has 0 atom stereocenters. The SMILES string of the molecule is CCOC(=O)CNc1nc(Oc2cccc(-c3nccn3C)c2)nc(Oc2cc(C#N)ccc2C)c1[N+](=O)[O-]. The van der Waals surface area contributed by atoms with E-state index in [0.29, 0.717) is 17.1 Å². The molecular weight excluding hydrogens is 506 g/mol. The molecule has 39 heavy (non-hydrogen) atoms. The molecule has 2 heterocycles. The van der Waals surface area contributed by atoms with Gasteiger partial charge in [0.1, 0.15) is 23.9 Å². The summed E-state index contributed by atoms with van der Waals surface area (Å²) in [4.78, 5) is 35.9. The van der Waals surface area contributed by atoms with E-state index in [0.717, 1.165) is 5.56 Å². The van der Waals surface area contributed by atoms with Crippen molar-refractivity contribution in [2.24, 2.45) is 7.05 Å². The summed E-state index contributed by atoms with van der Waals surface area (Å²) in [5.41, 5.74) is 1.02. The quantitative estimate of drug-likeness (QED) is 0.174. The van der Waals surface area contributed by atoms with Crippen molar-refractivity contribution in [2.75, 3.05) is 18.5 Å². The highest BCUT2D eigenvalue weighted by Gasteiger charge is 2.29. The highest BCUT2D eigenvalue weighted by molar-refractivity contribution is 5.76. The van der Waals surface area contributed by atoms with Crippen LogP contribution in [0.3, 0.4) is 0 Å². The van der Waals surface area contributed by atoms with E-state index in [1.54, 1.807) is 56.6 Å². The van der Waals surface area contributed by atoms with Crippen molar-refractivity contribution in [3.8, 4) is 40.8 Å². The molecule has 198 valence electrons. The predicted molar refractivity (Wildman–Crippen MR) is 138 cm³/mol. The van der Waals surface area contributed by atoms with Crippen LogP contribution in [0.4, 0.5) is 11.5 Å². The molecule has 0 unspecified atom stereocenters. The zero-order valence-electron chi connectivity index (χ0n) is 21.2. The van der Waals surface area contributed by atoms with Gasteiger partial charge in [-0.3, -0.25) is 14.9 Å². The summed E-state index contributed by atoms with van der Waals surface area (Å²) in [6.07, 6.45) is 3.47. The van der Waals surface area contributed by atoms with Crippen molar-refractivity contribution in [1.29, 1.82) is 5.26 Å². The Bertz CT molecular complexity index is 1580. The first kappa shape index (κ1) is 26.6. The number of ether oxygens (including phenoxy) is 3. The number of nitriles is 1. The molecule has 0 saturated heterocycles. The van der Waals surface area contributed by atoms with Crippen molar-refractivity contribution in [3.05, 3.63) is 76.1 Å². The lowest BCUT2D eigenvalue weighted by atomic mass is 10.1. The fourth-order valence-corrected chi connectivity index (χ4v) is 3.52. The molecule has 0 fully saturated rings. The lowest BCUT2D eigenvalue weighted by molar-refractivity contribution is -0.385. The van der Waals surface area contributed by atoms with Crippen molar-refractivity contribution >= 4 is 17.5 Å². The summed E-state index contributed by atoms with van der Waals surface area (Å²) in [7, 11) is 1.85. The van der Waals surface area contributed by atoms with E-state index < -0.39 is 29.0 Å². The third-order valence-electron chi connectivity index (χ3n) is 5.37. The monoisotopic (exact) mass is 529 g/mol. The highest BCUT2D eigenvalue weighted by Crippen LogP contribution is 2.38. The van der Waals surface area contributed by atoms with Gasteiger partial charge in [0, 0.05) is 25.0 Å². The number of imidazole rings is 1. The number of nitrogens with zero attached hydrogens (tertiary/aromatic N) is 6. The molecule has 13 nitrogen and oxygen atoms in total. The Hall–Kier alpha value is -5.51. The summed E-state index contributed by atoms with van der Waals surface area (Å²) >= 11 is 0. The maximum absolute atomic E-state index is 12.1. The van der Waals surface area contributed by atoms with Crippen LogP contribution < -0.4 is 14.8 Å². The number of carbonyl (C=O) groups excluding carboxylic acids is 1. The van der Waals surface area contributed by atoms with Gasteiger partial charge in [-0.1, -0.05) is 18.2 Å². The summed E-state index contributed by atoms with van der Waals surface area (Å²) in [6.45, 7) is 3.09. The van der Waals surface area contributed by atoms with Crippen LogP contribution in [0.15, 0.2) is 54.9 Å². The Morgan fingerprint density at radius 2 is 2.03 bits per heavy atom. The first-order chi connectivity index (χ1) is 18.8. The topological polar surface area (TPSA) is 167 Å². The molecule has 13 heteroatoms. The molecule has 0 radical (unpaired) electrons. The number of carbonyl (C=O) groups is 1. The van der Waals surface area contributed by atoms with Crippen molar-refractivity contribution < 1.29 is 23.9 Å². The fraction of sp³-hybridized carbons (Fsp3) is 0.192. The van der Waals surface area contributed by atoms with Crippen LogP contribution in [0.1, 0.15) is 18.1 Å². The second kappa shape index (κ2) is 11.7. The van der Waals surface area contributed by atoms with Gasteiger partial charge in [0.2, 0.25) is 5.82 Å². The second-order valence-corrected chi connectivity index (χ2v) is 8.11. The molecule has 1 N–H and O–H groups in total. The number of esters is 1. The number of aromatic nitrogens is 4. The average molecular weight is 530 g/mol. The average Bonchev–Trinajstić information content (AvgIpc) is 3.34. The van der Waals surface area contributed by atoms with E-state index in [1.807, 2.05) is 23.8 Å². The number of nitro groups is 1. The van der Waals surface area contributed by atoms with Gasteiger partial charge in [-0.25, -0.2) is 4.98 Å². The molecule has 0 aliphatic heterocycles. The molecule has 0 spiro atoms. The maximum atomic E-state index is 12.1. The first-order valence-corrected chi connectivity index (χ1v) is 11.7. The number of benzene rings is 2. The smallest absolute Gasteiger partial charge is 0.373 e. The maximum Gasteiger partial charge on any atom is 0.373 e. The van der Waals surface area contributed by atoms with Crippen LogP contribution in [0.2, 0.25) is 0 Å². The fourth-order valence-electron chi connectivity index (χ4n) is 3.52. The number of hydrogen-bond donors (Lipinski definition) is 1. The molecule has 0 saturated carbocycles. The summed E-state index contributed by atoms with van der Waals surface area (Å²) in [5, 5.41) is 24.0. The van der Waals surface area contributed by atoms with Gasteiger partial charge in [-0.2, -0.15) is 15.2 Å². The van der Waals surface area contributed by atoms with E-state index in [2.05, 4.69) is 20.3 Å². The minimum atomic E-state index is -0.738. The van der Waals surface area contributed by atoms with Gasteiger partial charge in [0.25, 0.3) is 0 Å². The van der Waals surface area contributed by atoms with E-state index in [9.17, 15) is 20.2 Å². The molecule has 4 aromatic rings. The lowest BCUT2D eigenvalue weighted by Gasteiger charge is -2.13. The van der Waals surface area contributed by atoms with Gasteiger partial charge in [-0.05, 0) is 43.7 Å². The zero-order chi connectivity index (χ0) is 27.9. The van der Waals surface area contributed by atoms with Crippen LogP contribution in [-0.2, 0) is 16.6 Å². The first-order valence-electron chi connectivity index (χ1n) is 11.7. The van der Waals surface area contributed by atoms with Gasteiger partial charge < -0.3 is 24.1 Å². The van der Waals surface area contributed by atoms with Crippen molar-refractivity contribution in [3.63, 3.8) is 0 Å². The Labute approximate surface area is 222 Å². The van der Waals surface area contributed by atoms with Crippen LogP contribution in [-0.4, -0.2) is 43.6 Å². The van der Waals surface area contributed by atoms with E-state index in [4.69, 9.17) is 14.2 Å². The van der Waals surface area contributed by atoms with Crippen molar-refractivity contribution in [2.45, 2.75) is 13.8 Å². The van der Waals surface area contributed by atoms with E-state index in [1.165, 1.54) is 6.07 Å². The Kier molecular flexibility index (Phi) is 7.96. The van der Waals surface area contributed by atoms with Gasteiger partial charge in [-0.15, -0.1) is 0 Å². The molecule has 0 aliphatic carbocycles. The molecule has 0 amide bonds. The largest absolute Gasteiger partial charge is 0.465 e. The third-order valence-corrected chi connectivity index (χ3v) is 5.37. The summed E-state index contributed by atoms with van der Waals surface area (Å²) < 4.78 is 18.4. The number of rotatable bonds is 10. The Morgan fingerprint density at radius 3 is 2.72 bits per heavy atom. The lowest BCUT2D eigenvalue weighted by Crippen LogP contribution is -2.18. The zero-order valence-corrected chi connectivity index (χ0v) is 21.2. The predicted octanol–water partition coefficient (Wildman–Crippen LogP) is 4.53. The minimum absolute atomic E-state index is 0.135. The van der Waals surface area contributed by atoms with Gasteiger partial charge in [0.05, 0.1) is 23.2 Å². The van der Waals surface area contributed by atoms with Crippen LogP contribution in [0, 0.1) is 28.4 Å².